The number of ether oxygens (including phenoxy) is 1. The van der Waals surface area contributed by atoms with E-state index in [0.717, 1.165) is 5.56 Å². The quantitative estimate of drug-likeness (QED) is 0.688. The third-order valence-corrected chi connectivity index (χ3v) is 1.84. The van der Waals surface area contributed by atoms with Crippen molar-refractivity contribution in [2.24, 2.45) is 0 Å². The molecule has 1 aromatic rings. The number of carbonyl (C=O) groups excluding carboxylic acids is 1. The Morgan fingerprint density at radius 3 is 2.36 bits per heavy atom. The molecule has 1 rings (SSSR count). The van der Waals surface area contributed by atoms with Gasteiger partial charge in [0.1, 0.15) is 0 Å². The Balaban J connectivity index is 2.52. The van der Waals surface area contributed by atoms with Gasteiger partial charge in [0.2, 0.25) is 0 Å². The van der Waals surface area contributed by atoms with E-state index >= 15 is 0 Å². The van der Waals surface area contributed by atoms with Crippen molar-refractivity contribution < 1.29 is 9.53 Å². The van der Waals surface area contributed by atoms with E-state index in [2.05, 4.69) is 0 Å². The molecule has 1 aromatic carbocycles. The highest BCUT2D eigenvalue weighted by Gasteiger charge is 2.05. The van der Waals surface area contributed by atoms with Crippen molar-refractivity contribution in [2.75, 3.05) is 0 Å². The van der Waals surface area contributed by atoms with Gasteiger partial charge in [-0.3, -0.25) is 4.79 Å². The fraction of sp³-hybridized carbons (Fsp3) is 0.417. The second-order valence-electron chi connectivity index (χ2n) is 3.70. The van der Waals surface area contributed by atoms with Crippen molar-refractivity contribution in [3.63, 3.8) is 0 Å². The molecule has 0 aliphatic rings. The highest BCUT2D eigenvalue weighted by Crippen LogP contribution is 2.05. The van der Waals surface area contributed by atoms with Crippen LogP contribution in [0, 0.1) is 6.92 Å². The van der Waals surface area contributed by atoms with Gasteiger partial charge in [-0.05, 0) is 26.3 Å². The first-order valence-electron chi connectivity index (χ1n) is 4.83. The molecule has 0 radical (unpaired) electrons. The predicted octanol–water partition coefficient (Wildman–Crippen LogP) is 2.49. The predicted molar refractivity (Wildman–Crippen MR) is 56.1 cm³/mol. The molecule has 0 amide bonds. The van der Waals surface area contributed by atoms with Gasteiger partial charge in [-0.1, -0.05) is 29.8 Å². The number of rotatable bonds is 3. The van der Waals surface area contributed by atoms with Gasteiger partial charge in [0.25, 0.3) is 0 Å². The Morgan fingerprint density at radius 1 is 1.29 bits per heavy atom. The van der Waals surface area contributed by atoms with Crippen LogP contribution in [0.4, 0.5) is 0 Å². The van der Waals surface area contributed by atoms with E-state index in [0.29, 0.717) is 6.42 Å². The summed E-state index contributed by atoms with van der Waals surface area (Å²) in [6, 6.07) is 7.91. The van der Waals surface area contributed by atoms with E-state index in [1.165, 1.54) is 5.56 Å². The average Bonchev–Trinajstić information content (AvgIpc) is 2.07. The lowest BCUT2D eigenvalue weighted by Gasteiger charge is -2.07. The summed E-state index contributed by atoms with van der Waals surface area (Å²) >= 11 is 0. The van der Waals surface area contributed by atoms with E-state index in [1.54, 1.807) is 0 Å². The van der Waals surface area contributed by atoms with Crippen molar-refractivity contribution in [1.29, 1.82) is 0 Å². The first-order valence-corrected chi connectivity index (χ1v) is 4.83. The summed E-state index contributed by atoms with van der Waals surface area (Å²) in [4.78, 5) is 11.3. The van der Waals surface area contributed by atoms with Crippen molar-refractivity contribution in [3.05, 3.63) is 35.4 Å². The summed E-state index contributed by atoms with van der Waals surface area (Å²) in [6.45, 7) is 5.73. The van der Waals surface area contributed by atoms with Gasteiger partial charge in [0.15, 0.2) is 0 Å². The molecule has 0 N–H and O–H groups in total. The zero-order valence-corrected chi connectivity index (χ0v) is 8.91. The molecule has 76 valence electrons. The monoisotopic (exact) mass is 192 g/mol. The van der Waals surface area contributed by atoms with Crippen molar-refractivity contribution in [1.82, 2.24) is 0 Å². The van der Waals surface area contributed by atoms with Crippen LogP contribution in [0.1, 0.15) is 25.0 Å². The van der Waals surface area contributed by atoms with Crippen LogP contribution in [0.15, 0.2) is 24.3 Å². The maximum Gasteiger partial charge on any atom is 0.310 e. The molecule has 2 nitrogen and oxygen atoms in total. The Morgan fingerprint density at radius 2 is 1.86 bits per heavy atom. The molecular formula is C12H16O2. The molecule has 0 fully saturated rings. The molecule has 0 aromatic heterocycles. The average molecular weight is 192 g/mol. The number of hydrogen-bond acceptors (Lipinski definition) is 2. The summed E-state index contributed by atoms with van der Waals surface area (Å²) in [5.41, 5.74) is 2.20. The highest BCUT2D eigenvalue weighted by atomic mass is 16.5. The summed E-state index contributed by atoms with van der Waals surface area (Å²) < 4.78 is 5.05. The summed E-state index contributed by atoms with van der Waals surface area (Å²) in [6.07, 6.45) is 0.325. The molecule has 0 unspecified atom stereocenters. The molecule has 0 heterocycles. The number of benzene rings is 1. The van der Waals surface area contributed by atoms with Crippen molar-refractivity contribution in [3.8, 4) is 0 Å². The van der Waals surface area contributed by atoms with E-state index in [4.69, 9.17) is 4.74 Å². The molecule has 0 atom stereocenters. The number of carbonyl (C=O) groups is 1. The van der Waals surface area contributed by atoms with E-state index in [9.17, 15) is 4.79 Å². The van der Waals surface area contributed by atoms with Crippen LogP contribution >= 0.6 is 0 Å². The lowest BCUT2D eigenvalue weighted by atomic mass is 10.1. The van der Waals surface area contributed by atoms with E-state index < -0.39 is 0 Å². The molecule has 14 heavy (non-hydrogen) atoms. The van der Waals surface area contributed by atoms with E-state index in [1.807, 2.05) is 45.0 Å². The Labute approximate surface area is 84.9 Å². The minimum Gasteiger partial charge on any atom is -0.463 e. The Hall–Kier alpha value is -1.31. The Bertz CT molecular complexity index is 299. The zero-order valence-electron chi connectivity index (χ0n) is 8.91. The molecule has 2 heteroatoms. The van der Waals surface area contributed by atoms with Gasteiger partial charge in [-0.25, -0.2) is 0 Å². The molecular weight excluding hydrogens is 176 g/mol. The van der Waals surface area contributed by atoms with Gasteiger partial charge < -0.3 is 4.74 Å². The van der Waals surface area contributed by atoms with Crippen LogP contribution in [0.5, 0.6) is 0 Å². The van der Waals surface area contributed by atoms with Crippen LogP contribution in [0.25, 0.3) is 0 Å². The summed E-state index contributed by atoms with van der Waals surface area (Å²) in [7, 11) is 0. The summed E-state index contributed by atoms with van der Waals surface area (Å²) in [5.74, 6) is -0.163. The second kappa shape index (κ2) is 4.80. The third kappa shape index (κ3) is 3.60. The van der Waals surface area contributed by atoms with Gasteiger partial charge in [0.05, 0.1) is 12.5 Å². The standard InChI is InChI=1S/C12H16O2/c1-9(2)14-12(13)8-11-6-4-10(3)5-7-11/h4-7,9H,8H2,1-3H3. The van der Waals surface area contributed by atoms with Gasteiger partial charge in [-0.2, -0.15) is 0 Å². The number of hydrogen-bond donors (Lipinski definition) is 0. The number of aryl methyl sites for hydroxylation is 1. The van der Waals surface area contributed by atoms with Crippen molar-refractivity contribution in [2.45, 2.75) is 33.3 Å². The van der Waals surface area contributed by atoms with E-state index in [-0.39, 0.29) is 12.1 Å². The maximum absolute atomic E-state index is 11.3. The first kappa shape index (κ1) is 10.8. The topological polar surface area (TPSA) is 26.3 Å². The normalized spacial score (nSPS) is 10.3. The smallest absolute Gasteiger partial charge is 0.310 e. The molecule has 0 bridgehead atoms. The fourth-order valence-corrected chi connectivity index (χ4v) is 1.18. The molecule has 0 aliphatic carbocycles. The summed E-state index contributed by atoms with van der Waals surface area (Å²) in [5, 5.41) is 0. The fourth-order valence-electron chi connectivity index (χ4n) is 1.18. The zero-order chi connectivity index (χ0) is 10.6. The van der Waals surface area contributed by atoms with Gasteiger partial charge >= 0.3 is 5.97 Å². The lowest BCUT2D eigenvalue weighted by Crippen LogP contribution is -2.13. The van der Waals surface area contributed by atoms with Crippen LogP contribution in [-0.2, 0) is 16.0 Å². The van der Waals surface area contributed by atoms with Crippen molar-refractivity contribution >= 4 is 5.97 Å². The van der Waals surface area contributed by atoms with Crippen LogP contribution in [0.2, 0.25) is 0 Å². The van der Waals surface area contributed by atoms with Crippen LogP contribution in [-0.4, -0.2) is 12.1 Å². The van der Waals surface area contributed by atoms with Gasteiger partial charge in [-0.15, -0.1) is 0 Å². The van der Waals surface area contributed by atoms with Gasteiger partial charge in [0, 0.05) is 0 Å². The number of esters is 1. The maximum atomic E-state index is 11.3. The lowest BCUT2D eigenvalue weighted by molar-refractivity contribution is -0.146. The minimum atomic E-state index is -0.163. The first-order chi connectivity index (χ1) is 6.58. The molecule has 0 aliphatic heterocycles. The SMILES string of the molecule is Cc1ccc(CC(=O)OC(C)C)cc1. The molecule has 0 spiro atoms. The second-order valence-corrected chi connectivity index (χ2v) is 3.70. The largest absolute Gasteiger partial charge is 0.463 e. The Kier molecular flexibility index (Phi) is 3.69. The van der Waals surface area contributed by atoms with Crippen LogP contribution in [0.3, 0.4) is 0 Å². The third-order valence-electron chi connectivity index (χ3n) is 1.84. The molecule has 0 saturated carbocycles. The highest BCUT2D eigenvalue weighted by molar-refractivity contribution is 5.72. The minimum absolute atomic E-state index is 0.0343. The molecule has 0 saturated heterocycles. The van der Waals surface area contributed by atoms with Crippen LogP contribution < -0.4 is 0 Å².